The molecule has 0 saturated heterocycles. The highest BCUT2D eigenvalue weighted by molar-refractivity contribution is 7.79. The zero-order valence-corrected chi connectivity index (χ0v) is 8.99. The number of hydrogen-bond acceptors (Lipinski definition) is 1. The molecule has 1 aromatic rings. The van der Waals surface area contributed by atoms with E-state index in [9.17, 15) is 4.21 Å². The summed E-state index contributed by atoms with van der Waals surface area (Å²) in [5.41, 5.74) is 0.841. The Morgan fingerprint density at radius 2 is 2.08 bits per heavy atom. The Bertz CT molecular complexity index is 328. The third kappa shape index (κ3) is 3.65. The average Bonchev–Trinajstić information content (AvgIpc) is 2.02. The fraction of sp³-hybridized carbons (Fsp3) is 0.250. The van der Waals surface area contributed by atoms with E-state index in [-0.39, 0.29) is 5.75 Å². The van der Waals surface area contributed by atoms with E-state index in [1.807, 2.05) is 0 Å². The first-order valence-corrected chi connectivity index (χ1v) is 5.64. The van der Waals surface area contributed by atoms with Crippen LogP contribution in [-0.2, 0) is 17.5 Å². The first-order chi connectivity index (χ1) is 6.09. The summed E-state index contributed by atoms with van der Waals surface area (Å²) in [6.45, 7) is 0. The van der Waals surface area contributed by atoms with E-state index in [1.54, 1.807) is 18.2 Å². The van der Waals surface area contributed by atoms with Gasteiger partial charge < -0.3 is 4.55 Å². The van der Waals surface area contributed by atoms with Gasteiger partial charge in [0.15, 0.2) is 11.1 Å². The van der Waals surface area contributed by atoms with Crippen LogP contribution in [0.5, 0.6) is 0 Å². The lowest BCUT2D eigenvalue weighted by atomic mass is 10.2. The maximum absolute atomic E-state index is 10.4. The summed E-state index contributed by atoms with van der Waals surface area (Å²) in [7, 11) is 0. The van der Waals surface area contributed by atoms with Gasteiger partial charge in [0, 0.05) is 10.0 Å². The Morgan fingerprint density at radius 3 is 2.62 bits per heavy atom. The predicted molar refractivity (Wildman–Crippen MR) is 55.8 cm³/mol. The molecule has 2 nitrogen and oxygen atoms in total. The van der Waals surface area contributed by atoms with Crippen LogP contribution in [0.3, 0.4) is 0 Å². The molecule has 1 atom stereocenters. The summed E-state index contributed by atoms with van der Waals surface area (Å²) in [4.78, 5) is 0. The molecule has 0 heterocycles. The molecule has 0 aliphatic carbocycles. The summed E-state index contributed by atoms with van der Waals surface area (Å²) in [6.07, 6.45) is 0.485. The molecule has 1 N–H and O–H groups in total. The van der Waals surface area contributed by atoms with Crippen molar-refractivity contribution in [1.82, 2.24) is 0 Å². The minimum Gasteiger partial charge on any atom is -0.306 e. The molecule has 72 valence electrons. The second-order valence-electron chi connectivity index (χ2n) is 2.51. The Morgan fingerprint density at radius 1 is 1.38 bits per heavy atom. The second-order valence-corrected chi connectivity index (χ2v) is 4.41. The number of hydrogen-bond donors (Lipinski definition) is 1. The average molecular weight is 239 g/mol. The van der Waals surface area contributed by atoms with Gasteiger partial charge in [0.2, 0.25) is 0 Å². The van der Waals surface area contributed by atoms with E-state index >= 15 is 0 Å². The van der Waals surface area contributed by atoms with Crippen molar-refractivity contribution < 1.29 is 8.76 Å². The number of halogens is 2. The van der Waals surface area contributed by atoms with Crippen molar-refractivity contribution in [3.8, 4) is 0 Å². The third-order valence-corrected chi connectivity index (χ3v) is 2.70. The van der Waals surface area contributed by atoms with Crippen molar-refractivity contribution in [3.63, 3.8) is 0 Å². The molecule has 0 amide bonds. The van der Waals surface area contributed by atoms with Crippen molar-refractivity contribution in [2.45, 2.75) is 6.42 Å². The van der Waals surface area contributed by atoms with Crippen LogP contribution < -0.4 is 0 Å². The summed E-state index contributed by atoms with van der Waals surface area (Å²) in [5.74, 6) is 0.196. The molecule has 1 rings (SSSR count). The normalized spacial score (nSPS) is 12.8. The van der Waals surface area contributed by atoms with Crippen LogP contribution in [-0.4, -0.2) is 14.5 Å². The minimum absolute atomic E-state index is 0.196. The molecule has 0 saturated carbocycles. The van der Waals surface area contributed by atoms with Gasteiger partial charge in [-0.1, -0.05) is 29.3 Å². The summed E-state index contributed by atoms with van der Waals surface area (Å²) in [6, 6.07) is 5.10. The molecule has 0 fully saturated rings. The monoisotopic (exact) mass is 238 g/mol. The standard InChI is InChI=1S/C8H8Cl2O2S/c9-7-2-1-6(8(10)5-7)3-4-13(11)12/h1-2,5H,3-4H2,(H,11,12). The fourth-order valence-electron chi connectivity index (χ4n) is 0.922. The molecule has 0 aromatic heterocycles. The SMILES string of the molecule is O=S(O)CCc1ccc(Cl)cc1Cl. The zero-order valence-electron chi connectivity index (χ0n) is 6.67. The van der Waals surface area contributed by atoms with Gasteiger partial charge in [-0.25, -0.2) is 4.21 Å². The van der Waals surface area contributed by atoms with Crippen molar-refractivity contribution in [1.29, 1.82) is 0 Å². The maximum atomic E-state index is 10.4. The van der Waals surface area contributed by atoms with Crippen molar-refractivity contribution in [3.05, 3.63) is 33.8 Å². The van der Waals surface area contributed by atoms with E-state index in [1.165, 1.54) is 0 Å². The molecular weight excluding hydrogens is 231 g/mol. The topological polar surface area (TPSA) is 37.3 Å². The smallest absolute Gasteiger partial charge is 0.153 e. The van der Waals surface area contributed by atoms with E-state index in [0.29, 0.717) is 16.5 Å². The molecule has 5 heteroatoms. The van der Waals surface area contributed by atoms with Gasteiger partial charge in [-0.05, 0) is 24.1 Å². The van der Waals surface area contributed by atoms with Gasteiger partial charge >= 0.3 is 0 Å². The third-order valence-electron chi connectivity index (χ3n) is 1.56. The van der Waals surface area contributed by atoms with Crippen molar-refractivity contribution >= 4 is 34.3 Å². The molecule has 0 spiro atoms. The Labute approximate surface area is 89.1 Å². The Balaban J connectivity index is 2.72. The lowest BCUT2D eigenvalue weighted by Gasteiger charge is -2.02. The highest BCUT2D eigenvalue weighted by Crippen LogP contribution is 2.21. The minimum atomic E-state index is -1.77. The number of benzene rings is 1. The van der Waals surface area contributed by atoms with Crippen molar-refractivity contribution in [2.75, 3.05) is 5.75 Å². The van der Waals surface area contributed by atoms with Crippen LogP contribution in [0.2, 0.25) is 10.0 Å². The van der Waals surface area contributed by atoms with Gasteiger partial charge in [0.05, 0.1) is 5.75 Å². The fourth-order valence-corrected chi connectivity index (χ4v) is 1.82. The molecule has 1 unspecified atom stereocenters. The van der Waals surface area contributed by atoms with Crippen LogP contribution in [0.4, 0.5) is 0 Å². The molecule has 0 aliphatic heterocycles. The maximum Gasteiger partial charge on any atom is 0.153 e. The van der Waals surface area contributed by atoms with Crippen LogP contribution >= 0.6 is 23.2 Å². The van der Waals surface area contributed by atoms with Crippen LogP contribution in [0, 0.1) is 0 Å². The number of aryl methyl sites for hydroxylation is 1. The summed E-state index contributed by atoms with van der Waals surface area (Å²) in [5, 5.41) is 1.11. The van der Waals surface area contributed by atoms with Crippen LogP contribution in [0.25, 0.3) is 0 Å². The lowest BCUT2D eigenvalue weighted by Crippen LogP contribution is -1.99. The highest BCUT2D eigenvalue weighted by Gasteiger charge is 2.02. The van der Waals surface area contributed by atoms with Gasteiger partial charge in [-0.3, -0.25) is 0 Å². The zero-order chi connectivity index (χ0) is 9.84. The first kappa shape index (κ1) is 11.0. The number of rotatable bonds is 3. The molecule has 13 heavy (non-hydrogen) atoms. The molecule has 1 aromatic carbocycles. The molecule has 0 radical (unpaired) electrons. The van der Waals surface area contributed by atoms with E-state index in [4.69, 9.17) is 27.8 Å². The molecule has 0 aliphatic rings. The highest BCUT2D eigenvalue weighted by atomic mass is 35.5. The van der Waals surface area contributed by atoms with Gasteiger partial charge in [-0.2, -0.15) is 0 Å². The largest absolute Gasteiger partial charge is 0.306 e. The second kappa shape index (κ2) is 4.96. The van der Waals surface area contributed by atoms with Crippen LogP contribution in [0.15, 0.2) is 18.2 Å². The van der Waals surface area contributed by atoms with Crippen molar-refractivity contribution in [2.24, 2.45) is 0 Å². The summed E-state index contributed by atoms with van der Waals surface area (Å²) < 4.78 is 19.0. The lowest BCUT2D eigenvalue weighted by molar-refractivity contribution is 0.563. The molecule has 0 bridgehead atoms. The van der Waals surface area contributed by atoms with Crippen LogP contribution in [0.1, 0.15) is 5.56 Å². The van der Waals surface area contributed by atoms with Gasteiger partial charge in [-0.15, -0.1) is 0 Å². The van der Waals surface area contributed by atoms with Gasteiger partial charge in [0.25, 0.3) is 0 Å². The quantitative estimate of drug-likeness (QED) is 0.823. The summed E-state index contributed by atoms with van der Waals surface area (Å²) >= 11 is 9.76. The molecular formula is C8H8Cl2O2S. The first-order valence-electron chi connectivity index (χ1n) is 3.61. The van der Waals surface area contributed by atoms with E-state index in [0.717, 1.165) is 5.56 Å². The Hall–Kier alpha value is -0.0900. The predicted octanol–water partition coefficient (Wildman–Crippen LogP) is 2.76. The van der Waals surface area contributed by atoms with E-state index < -0.39 is 11.1 Å². The van der Waals surface area contributed by atoms with Gasteiger partial charge in [0.1, 0.15) is 0 Å². The Kier molecular flexibility index (Phi) is 4.19. The van der Waals surface area contributed by atoms with E-state index in [2.05, 4.69) is 0 Å².